The first kappa shape index (κ1) is 23.5. The maximum Gasteiger partial charge on any atom is 0.243 e. The first-order valence-electron chi connectivity index (χ1n) is 11.2. The van der Waals surface area contributed by atoms with Gasteiger partial charge in [-0.05, 0) is 36.4 Å². The van der Waals surface area contributed by atoms with Crippen molar-refractivity contribution in [2.24, 2.45) is 0 Å². The fourth-order valence-electron chi connectivity index (χ4n) is 4.10. The van der Waals surface area contributed by atoms with Crippen LogP contribution < -0.4 is 14.4 Å². The maximum atomic E-state index is 13.4. The summed E-state index contributed by atoms with van der Waals surface area (Å²) in [4.78, 5) is 11.5. The second-order valence-corrected chi connectivity index (χ2v) is 10.1. The quantitative estimate of drug-likeness (QED) is 0.510. The minimum absolute atomic E-state index is 0.0282. The van der Waals surface area contributed by atoms with Crippen LogP contribution in [0.25, 0.3) is 0 Å². The van der Waals surface area contributed by atoms with Gasteiger partial charge in [0.25, 0.3) is 0 Å². The second kappa shape index (κ2) is 9.76. The van der Waals surface area contributed by atoms with Crippen LogP contribution in [0.15, 0.2) is 53.4 Å². The van der Waals surface area contributed by atoms with E-state index in [0.29, 0.717) is 55.7 Å². The highest BCUT2D eigenvalue weighted by Gasteiger charge is 2.33. The summed E-state index contributed by atoms with van der Waals surface area (Å²) in [6, 6.07) is 12.0. The Bertz CT molecular complexity index is 1310. The van der Waals surface area contributed by atoms with E-state index in [2.05, 4.69) is 0 Å². The molecule has 1 aromatic heterocycles. The van der Waals surface area contributed by atoms with Crippen LogP contribution in [0.1, 0.15) is 11.3 Å². The van der Waals surface area contributed by atoms with Crippen molar-refractivity contribution in [3.63, 3.8) is 0 Å². The fourth-order valence-corrected chi connectivity index (χ4v) is 5.51. The number of fused-ring (bicyclic) bond motifs is 1. The third kappa shape index (κ3) is 4.79. The molecule has 0 unspecified atom stereocenters. The number of ether oxygens (including phenoxy) is 3. The summed E-state index contributed by atoms with van der Waals surface area (Å²) in [5.74, 6) is 1.29. The van der Waals surface area contributed by atoms with E-state index in [-0.39, 0.29) is 23.9 Å². The lowest BCUT2D eigenvalue weighted by atomic mass is 10.1. The van der Waals surface area contributed by atoms with Crippen LogP contribution in [0.4, 0.5) is 10.3 Å². The lowest BCUT2D eigenvalue weighted by Crippen LogP contribution is -2.39. The summed E-state index contributed by atoms with van der Waals surface area (Å²) in [7, 11) is -2.30. The van der Waals surface area contributed by atoms with Crippen LogP contribution in [0.2, 0.25) is 0 Å². The van der Waals surface area contributed by atoms with Gasteiger partial charge in [0.15, 0.2) is 11.5 Å². The summed E-state index contributed by atoms with van der Waals surface area (Å²) >= 11 is 0. The number of aromatic nitrogens is 2. The molecule has 1 fully saturated rings. The number of anilines is 1. The van der Waals surface area contributed by atoms with Crippen molar-refractivity contribution in [1.29, 1.82) is 0 Å². The van der Waals surface area contributed by atoms with Crippen molar-refractivity contribution in [1.82, 2.24) is 14.3 Å². The zero-order valence-electron chi connectivity index (χ0n) is 19.2. The van der Waals surface area contributed by atoms with Gasteiger partial charge in [-0.15, -0.1) is 0 Å². The molecule has 11 heteroatoms. The summed E-state index contributed by atoms with van der Waals surface area (Å²) in [5, 5.41) is 0. The summed E-state index contributed by atoms with van der Waals surface area (Å²) in [6.45, 7) is 2.72. The largest absolute Gasteiger partial charge is 0.493 e. The van der Waals surface area contributed by atoms with E-state index in [0.717, 1.165) is 17.8 Å². The van der Waals surface area contributed by atoms with Crippen molar-refractivity contribution < 1.29 is 27.0 Å². The Labute approximate surface area is 203 Å². The minimum atomic E-state index is -3.85. The van der Waals surface area contributed by atoms with Gasteiger partial charge >= 0.3 is 0 Å². The van der Waals surface area contributed by atoms with Gasteiger partial charge in [-0.25, -0.2) is 17.8 Å². The highest BCUT2D eigenvalue weighted by molar-refractivity contribution is 7.89. The monoisotopic (exact) mass is 500 g/mol. The topological polar surface area (TPSA) is 94.1 Å². The lowest BCUT2D eigenvalue weighted by molar-refractivity contribution is 0.122. The molecule has 184 valence electrons. The highest BCUT2D eigenvalue weighted by Crippen LogP contribution is 2.36. The van der Waals surface area contributed by atoms with E-state index in [1.54, 1.807) is 19.2 Å². The van der Waals surface area contributed by atoms with Crippen molar-refractivity contribution in [2.45, 2.75) is 17.9 Å². The number of benzene rings is 2. The lowest BCUT2D eigenvalue weighted by Gasteiger charge is -2.31. The number of hydrogen-bond donors (Lipinski definition) is 0. The fraction of sp³-hybridized carbons (Fsp3) is 0.333. The molecule has 3 heterocycles. The maximum absolute atomic E-state index is 13.4. The summed E-state index contributed by atoms with van der Waals surface area (Å²) in [6.07, 6.45) is 0.387. The smallest absolute Gasteiger partial charge is 0.243 e. The second-order valence-electron chi connectivity index (χ2n) is 8.15. The van der Waals surface area contributed by atoms with Crippen LogP contribution in [0.5, 0.6) is 17.4 Å². The zero-order chi connectivity index (χ0) is 24.4. The van der Waals surface area contributed by atoms with E-state index in [1.165, 1.54) is 16.4 Å². The zero-order valence-corrected chi connectivity index (χ0v) is 20.0. The van der Waals surface area contributed by atoms with Crippen LogP contribution in [0.3, 0.4) is 0 Å². The average Bonchev–Trinajstić information content (AvgIpc) is 2.89. The Kier molecular flexibility index (Phi) is 6.54. The molecule has 0 spiro atoms. The van der Waals surface area contributed by atoms with Gasteiger partial charge in [-0.1, -0.05) is 12.1 Å². The molecule has 3 aromatic rings. The predicted molar refractivity (Wildman–Crippen MR) is 126 cm³/mol. The van der Waals surface area contributed by atoms with Gasteiger partial charge in [0.05, 0.1) is 36.5 Å². The van der Waals surface area contributed by atoms with E-state index in [9.17, 15) is 12.8 Å². The van der Waals surface area contributed by atoms with E-state index in [4.69, 9.17) is 24.2 Å². The molecule has 35 heavy (non-hydrogen) atoms. The van der Waals surface area contributed by atoms with Crippen molar-refractivity contribution >= 4 is 16.0 Å². The van der Waals surface area contributed by atoms with Crippen LogP contribution in [-0.4, -0.2) is 62.6 Å². The third-order valence-corrected chi connectivity index (χ3v) is 7.86. The van der Waals surface area contributed by atoms with Crippen LogP contribution >= 0.6 is 0 Å². The molecule has 5 rings (SSSR count). The number of para-hydroxylation sites is 2. The number of rotatable bonds is 6. The van der Waals surface area contributed by atoms with Crippen LogP contribution in [0, 0.1) is 5.82 Å². The van der Waals surface area contributed by atoms with Gasteiger partial charge in [0, 0.05) is 32.6 Å². The Balaban J connectivity index is 1.53. The van der Waals surface area contributed by atoms with Gasteiger partial charge in [0.2, 0.25) is 21.9 Å². The van der Waals surface area contributed by atoms with E-state index in [1.807, 2.05) is 17.0 Å². The highest BCUT2D eigenvalue weighted by atomic mass is 32.2. The Hall–Kier alpha value is -3.28. The Morgan fingerprint density at radius 3 is 2.40 bits per heavy atom. The molecule has 0 radical (unpaired) electrons. The molecule has 1 saturated heterocycles. The summed E-state index contributed by atoms with van der Waals surface area (Å²) < 4.78 is 58.3. The molecule has 2 aromatic carbocycles. The minimum Gasteiger partial charge on any atom is -0.493 e. The number of sulfonamides is 1. The average molecular weight is 501 g/mol. The van der Waals surface area contributed by atoms with Crippen molar-refractivity contribution in [2.75, 3.05) is 44.9 Å². The molecule has 0 aliphatic carbocycles. The Morgan fingerprint density at radius 2 is 1.69 bits per heavy atom. The van der Waals surface area contributed by atoms with Crippen molar-refractivity contribution in [3.8, 4) is 17.4 Å². The molecule has 0 N–H and O–H groups in total. The SMILES string of the molecule is COc1ccccc1Oc1nc(N2CCOCC2)nc2c1CN(S(=O)(=O)c1ccc(F)cc1)CC2. The molecule has 0 bridgehead atoms. The standard InChI is InChI=1S/C24H25FN4O5S/c1-32-21-4-2-3-5-22(21)34-23-19-16-29(35(30,31)18-8-6-17(25)7-9-18)11-10-20(19)26-24(27-23)28-12-14-33-15-13-28/h2-9H,10-16H2,1H3. The number of hydrogen-bond acceptors (Lipinski definition) is 8. The summed E-state index contributed by atoms with van der Waals surface area (Å²) in [5.41, 5.74) is 1.32. The number of methoxy groups -OCH3 is 1. The molecule has 0 atom stereocenters. The van der Waals surface area contributed by atoms with Crippen molar-refractivity contribution in [3.05, 3.63) is 65.6 Å². The van der Waals surface area contributed by atoms with Gasteiger partial charge in [0.1, 0.15) is 5.82 Å². The molecule has 2 aliphatic heterocycles. The van der Waals surface area contributed by atoms with Gasteiger partial charge < -0.3 is 19.1 Å². The van der Waals surface area contributed by atoms with Crippen LogP contribution in [-0.2, 0) is 27.7 Å². The van der Waals surface area contributed by atoms with E-state index >= 15 is 0 Å². The first-order valence-corrected chi connectivity index (χ1v) is 12.7. The van der Waals surface area contributed by atoms with Gasteiger partial charge in [-0.2, -0.15) is 9.29 Å². The Morgan fingerprint density at radius 1 is 0.971 bits per heavy atom. The van der Waals surface area contributed by atoms with Gasteiger partial charge in [-0.3, -0.25) is 0 Å². The van der Waals surface area contributed by atoms with E-state index < -0.39 is 15.8 Å². The number of nitrogens with zero attached hydrogens (tertiary/aromatic N) is 4. The molecular weight excluding hydrogens is 475 g/mol. The molecule has 9 nitrogen and oxygen atoms in total. The molecule has 0 saturated carbocycles. The molecular formula is C24H25FN4O5S. The first-order chi connectivity index (χ1) is 17.0. The molecule has 0 amide bonds. The number of halogens is 1. The predicted octanol–water partition coefficient (Wildman–Crippen LogP) is 3.00. The third-order valence-electron chi connectivity index (χ3n) is 6.00. The normalized spacial score (nSPS) is 16.6. The molecule has 2 aliphatic rings. The number of morpholine rings is 1.